The minimum atomic E-state index is -1.61. The molecule has 0 amide bonds. The zero-order chi connectivity index (χ0) is 9.07. The van der Waals surface area contributed by atoms with Gasteiger partial charge in [-0.2, -0.15) is 0 Å². The molecule has 2 nitrogen and oxygen atoms in total. The predicted octanol–water partition coefficient (Wildman–Crippen LogP) is 3.16. The Morgan fingerprint density at radius 1 is 1.55 bits per heavy atom. The highest BCUT2D eigenvalue weighted by Gasteiger charge is 2.35. The molecule has 0 heterocycles. The molecule has 0 aromatic rings. The van der Waals surface area contributed by atoms with Gasteiger partial charge in [-0.1, -0.05) is 26.2 Å². The summed E-state index contributed by atoms with van der Waals surface area (Å²) in [5.74, 6) is 0. The van der Waals surface area contributed by atoms with E-state index in [9.17, 15) is 4.57 Å². The fraction of sp³-hybridized carbons (Fsp3) is 0.714. The van der Waals surface area contributed by atoms with Crippen LogP contribution in [0.4, 0.5) is 0 Å². The zero-order valence-electron chi connectivity index (χ0n) is 7.68. The SMILES string of the molecule is C=C([P+](=O)OCC)[Si](C)(C)C. The van der Waals surface area contributed by atoms with Crippen LogP contribution in [-0.2, 0) is 9.09 Å². The average molecular weight is 191 g/mol. The molecule has 0 aromatic heterocycles. The minimum absolute atomic E-state index is 0.499. The summed E-state index contributed by atoms with van der Waals surface area (Å²) in [6.45, 7) is 12.5. The fourth-order valence-electron chi connectivity index (χ4n) is 0.469. The molecule has 0 spiro atoms. The molecule has 0 bridgehead atoms. The van der Waals surface area contributed by atoms with Gasteiger partial charge in [0.15, 0.2) is 4.94 Å². The third-order valence-corrected chi connectivity index (χ3v) is 6.56. The van der Waals surface area contributed by atoms with Crippen LogP contribution in [0.3, 0.4) is 0 Å². The highest BCUT2D eigenvalue weighted by atomic mass is 31.1. The fourth-order valence-corrected chi connectivity index (χ4v) is 3.24. The molecule has 0 saturated heterocycles. The van der Waals surface area contributed by atoms with Crippen molar-refractivity contribution in [1.82, 2.24) is 0 Å². The molecular weight excluding hydrogens is 175 g/mol. The van der Waals surface area contributed by atoms with Gasteiger partial charge < -0.3 is 0 Å². The lowest BCUT2D eigenvalue weighted by Gasteiger charge is -2.07. The summed E-state index contributed by atoms with van der Waals surface area (Å²) in [5.41, 5.74) is 0. The van der Waals surface area contributed by atoms with Gasteiger partial charge in [0.1, 0.15) is 14.7 Å². The molecule has 1 unspecified atom stereocenters. The summed E-state index contributed by atoms with van der Waals surface area (Å²) in [6, 6.07) is 0. The van der Waals surface area contributed by atoms with E-state index in [0.29, 0.717) is 6.61 Å². The topological polar surface area (TPSA) is 26.3 Å². The molecule has 0 aliphatic heterocycles. The van der Waals surface area contributed by atoms with Crippen molar-refractivity contribution >= 4 is 16.1 Å². The monoisotopic (exact) mass is 191 g/mol. The number of rotatable bonds is 4. The van der Waals surface area contributed by atoms with Crippen LogP contribution in [0.15, 0.2) is 11.5 Å². The summed E-state index contributed by atoms with van der Waals surface area (Å²) >= 11 is 0. The van der Waals surface area contributed by atoms with Gasteiger partial charge in [0.25, 0.3) is 0 Å². The average Bonchev–Trinajstić information content (AvgIpc) is 1.85. The van der Waals surface area contributed by atoms with Crippen molar-refractivity contribution < 1.29 is 9.09 Å². The van der Waals surface area contributed by atoms with E-state index in [-0.39, 0.29) is 0 Å². The summed E-state index contributed by atoms with van der Waals surface area (Å²) in [6.07, 6.45) is 0. The van der Waals surface area contributed by atoms with Crippen molar-refractivity contribution in [2.45, 2.75) is 26.6 Å². The molecule has 0 saturated carbocycles. The second-order valence-corrected chi connectivity index (χ2v) is 10.2. The first-order chi connectivity index (χ1) is 4.89. The highest BCUT2D eigenvalue weighted by Crippen LogP contribution is 2.37. The van der Waals surface area contributed by atoms with E-state index in [1.54, 1.807) is 0 Å². The van der Waals surface area contributed by atoms with Gasteiger partial charge in [0.05, 0.1) is 0 Å². The van der Waals surface area contributed by atoms with Gasteiger partial charge >= 0.3 is 8.03 Å². The number of hydrogen-bond acceptors (Lipinski definition) is 2. The molecule has 0 aliphatic rings. The van der Waals surface area contributed by atoms with Crippen molar-refractivity contribution in [3.63, 3.8) is 0 Å². The molecule has 0 rings (SSSR count). The predicted molar refractivity (Wildman–Crippen MR) is 51.7 cm³/mol. The molecule has 11 heavy (non-hydrogen) atoms. The standard InChI is InChI=1S/C7H16O2PSi/c1-6-9-10(8)7(2)11(3,4)5/h2,6H2,1,3-5H3/q+1. The second-order valence-electron chi connectivity index (χ2n) is 3.37. The van der Waals surface area contributed by atoms with Crippen LogP contribution in [0.2, 0.25) is 19.6 Å². The Bertz CT molecular complexity index is 172. The van der Waals surface area contributed by atoms with E-state index in [4.69, 9.17) is 4.52 Å². The van der Waals surface area contributed by atoms with Gasteiger partial charge in [-0.15, -0.1) is 4.52 Å². The molecule has 64 valence electrons. The third kappa shape index (κ3) is 3.80. The Labute approximate surface area is 70.5 Å². The highest BCUT2D eigenvalue weighted by molar-refractivity contribution is 7.49. The quantitative estimate of drug-likeness (QED) is 0.504. The first-order valence-electron chi connectivity index (χ1n) is 3.69. The Hall–Kier alpha value is 0.0169. The second kappa shape index (κ2) is 4.15. The van der Waals surface area contributed by atoms with Crippen LogP contribution >= 0.6 is 8.03 Å². The van der Waals surface area contributed by atoms with E-state index in [1.807, 2.05) is 6.92 Å². The van der Waals surface area contributed by atoms with E-state index >= 15 is 0 Å². The van der Waals surface area contributed by atoms with Crippen molar-refractivity contribution in [3.8, 4) is 0 Å². The summed E-state index contributed by atoms with van der Waals surface area (Å²) in [7, 11) is -3.08. The Morgan fingerprint density at radius 2 is 2.00 bits per heavy atom. The smallest absolute Gasteiger partial charge is 0.143 e. The summed E-state index contributed by atoms with van der Waals surface area (Å²) < 4.78 is 16.2. The van der Waals surface area contributed by atoms with Crippen LogP contribution in [0.25, 0.3) is 0 Å². The van der Waals surface area contributed by atoms with Crippen LogP contribution in [0.1, 0.15) is 6.92 Å². The van der Waals surface area contributed by atoms with E-state index in [0.717, 1.165) is 4.94 Å². The van der Waals surface area contributed by atoms with E-state index in [2.05, 4.69) is 26.2 Å². The zero-order valence-corrected chi connectivity index (χ0v) is 9.57. The summed E-state index contributed by atoms with van der Waals surface area (Å²) in [4.78, 5) is 0.814. The lowest BCUT2D eigenvalue weighted by molar-refractivity contribution is 0.356. The first-order valence-corrected chi connectivity index (χ1v) is 8.37. The van der Waals surface area contributed by atoms with Crippen LogP contribution in [-0.4, -0.2) is 14.7 Å². The lowest BCUT2D eigenvalue weighted by Crippen LogP contribution is -2.21. The maximum Gasteiger partial charge on any atom is 0.537 e. The van der Waals surface area contributed by atoms with Gasteiger partial charge in [-0.25, -0.2) is 0 Å². The Morgan fingerprint density at radius 3 is 2.27 bits per heavy atom. The van der Waals surface area contributed by atoms with Gasteiger partial charge in [-0.3, -0.25) is 0 Å². The molecule has 0 fully saturated rings. The Kier molecular flexibility index (Phi) is 4.15. The van der Waals surface area contributed by atoms with E-state index < -0.39 is 16.1 Å². The van der Waals surface area contributed by atoms with Crippen LogP contribution in [0, 0.1) is 0 Å². The number of hydrogen-bond donors (Lipinski definition) is 0. The van der Waals surface area contributed by atoms with E-state index in [1.165, 1.54) is 0 Å². The van der Waals surface area contributed by atoms with Gasteiger partial charge in [0, 0.05) is 0 Å². The largest absolute Gasteiger partial charge is 0.537 e. The molecule has 0 aliphatic carbocycles. The molecular formula is C7H16O2PSi+. The van der Waals surface area contributed by atoms with Crippen molar-refractivity contribution in [1.29, 1.82) is 0 Å². The summed E-state index contributed by atoms with van der Waals surface area (Å²) in [5, 5.41) is 0. The maximum absolute atomic E-state index is 11.3. The van der Waals surface area contributed by atoms with Crippen molar-refractivity contribution in [2.75, 3.05) is 6.61 Å². The molecule has 0 N–H and O–H groups in total. The molecule has 1 atom stereocenters. The lowest BCUT2D eigenvalue weighted by atomic mass is 10.9. The molecule has 0 radical (unpaired) electrons. The first kappa shape index (κ1) is 11.0. The normalized spacial score (nSPS) is 12.9. The van der Waals surface area contributed by atoms with Crippen LogP contribution in [0.5, 0.6) is 0 Å². The Balaban J connectivity index is 4.15. The van der Waals surface area contributed by atoms with Gasteiger partial charge in [0.2, 0.25) is 0 Å². The maximum atomic E-state index is 11.3. The van der Waals surface area contributed by atoms with Gasteiger partial charge in [-0.05, 0) is 11.5 Å². The van der Waals surface area contributed by atoms with Crippen LogP contribution < -0.4 is 0 Å². The van der Waals surface area contributed by atoms with Crippen molar-refractivity contribution in [3.05, 3.63) is 11.5 Å². The molecule has 0 aromatic carbocycles. The minimum Gasteiger partial charge on any atom is -0.143 e. The van der Waals surface area contributed by atoms with Crippen molar-refractivity contribution in [2.24, 2.45) is 0 Å². The molecule has 4 heteroatoms. The third-order valence-electron chi connectivity index (χ3n) is 1.33.